The number of rotatable bonds is 3. The number of imidazole rings is 1. The van der Waals surface area contributed by atoms with E-state index in [9.17, 15) is 14.7 Å². The molecule has 0 aliphatic heterocycles. The fourth-order valence-corrected chi connectivity index (χ4v) is 5.18. The van der Waals surface area contributed by atoms with E-state index < -0.39 is 22.9 Å². The Morgan fingerprint density at radius 3 is 2.59 bits per heavy atom. The summed E-state index contributed by atoms with van der Waals surface area (Å²) in [6, 6.07) is 0. The van der Waals surface area contributed by atoms with Crippen LogP contribution >= 0.6 is 0 Å². The second-order valence-electron chi connectivity index (χ2n) is 7.30. The Labute approximate surface area is 127 Å². The molecule has 1 heterocycles. The molecule has 4 fully saturated rings. The summed E-state index contributed by atoms with van der Waals surface area (Å²) >= 11 is 0. The summed E-state index contributed by atoms with van der Waals surface area (Å²) in [4.78, 5) is 30.5. The first kappa shape index (κ1) is 13.8. The number of nitrogens with two attached hydrogens (primary N) is 1. The van der Waals surface area contributed by atoms with Gasteiger partial charge in [0.15, 0.2) is 5.69 Å². The molecule has 1 aromatic heterocycles. The van der Waals surface area contributed by atoms with Crippen molar-refractivity contribution in [2.45, 2.75) is 44.1 Å². The minimum atomic E-state index is -0.735. The number of hydrogen-bond acceptors (Lipinski definition) is 5. The topological polar surface area (TPSA) is 118 Å². The van der Waals surface area contributed by atoms with Crippen molar-refractivity contribution in [2.75, 3.05) is 0 Å². The van der Waals surface area contributed by atoms with Crippen LogP contribution in [0.2, 0.25) is 0 Å². The summed E-state index contributed by atoms with van der Waals surface area (Å²) in [5, 5.41) is 10.7. The van der Waals surface area contributed by atoms with Crippen molar-refractivity contribution in [2.24, 2.45) is 23.0 Å². The van der Waals surface area contributed by atoms with Gasteiger partial charge in [0, 0.05) is 0 Å². The number of aliphatic hydroxyl groups is 1. The van der Waals surface area contributed by atoms with Gasteiger partial charge in [-0.2, -0.15) is 0 Å². The smallest absolute Gasteiger partial charge is 0.319 e. The SMILES string of the molecule is NC(=O)c1[nH]cnc1OC(=O)C12CC3CC(CC(O)(C3)C1)C2. The monoisotopic (exact) mass is 305 g/mol. The van der Waals surface area contributed by atoms with Crippen LogP contribution in [0.25, 0.3) is 0 Å². The van der Waals surface area contributed by atoms with E-state index in [1.54, 1.807) is 0 Å². The van der Waals surface area contributed by atoms with Crippen LogP contribution < -0.4 is 10.5 Å². The Balaban J connectivity index is 1.60. The lowest BCUT2D eigenvalue weighted by Crippen LogP contribution is -2.59. The van der Waals surface area contributed by atoms with Gasteiger partial charge >= 0.3 is 5.97 Å². The molecule has 0 saturated heterocycles. The Morgan fingerprint density at radius 1 is 1.32 bits per heavy atom. The van der Waals surface area contributed by atoms with E-state index in [1.807, 2.05) is 0 Å². The molecule has 7 heteroatoms. The molecule has 0 aromatic carbocycles. The highest BCUT2D eigenvalue weighted by atomic mass is 16.5. The van der Waals surface area contributed by atoms with E-state index in [-0.39, 0.29) is 11.6 Å². The van der Waals surface area contributed by atoms with Crippen molar-refractivity contribution in [3.8, 4) is 5.88 Å². The molecule has 4 bridgehead atoms. The van der Waals surface area contributed by atoms with Crippen LogP contribution in [0.15, 0.2) is 6.33 Å². The van der Waals surface area contributed by atoms with E-state index in [0.29, 0.717) is 18.3 Å². The van der Waals surface area contributed by atoms with Gasteiger partial charge in [-0.05, 0) is 50.4 Å². The Morgan fingerprint density at radius 2 is 2.00 bits per heavy atom. The van der Waals surface area contributed by atoms with Gasteiger partial charge in [0.25, 0.3) is 11.8 Å². The second kappa shape index (κ2) is 4.32. The first-order valence-corrected chi connectivity index (χ1v) is 7.67. The van der Waals surface area contributed by atoms with Crippen LogP contribution in [0.3, 0.4) is 0 Å². The van der Waals surface area contributed by atoms with Crippen LogP contribution in [0.4, 0.5) is 0 Å². The molecule has 0 spiro atoms. The molecular formula is C15H19N3O4. The largest absolute Gasteiger partial charge is 0.404 e. The molecule has 1 amide bonds. The Kier molecular flexibility index (Phi) is 2.70. The van der Waals surface area contributed by atoms with E-state index in [1.165, 1.54) is 6.33 Å². The molecule has 4 saturated carbocycles. The number of nitrogens with zero attached hydrogens (tertiary/aromatic N) is 1. The Hall–Kier alpha value is -1.89. The number of esters is 1. The molecule has 2 atom stereocenters. The number of carbonyl (C=O) groups is 2. The van der Waals surface area contributed by atoms with Crippen molar-refractivity contribution in [3.63, 3.8) is 0 Å². The fraction of sp³-hybridized carbons (Fsp3) is 0.667. The van der Waals surface area contributed by atoms with Crippen molar-refractivity contribution < 1.29 is 19.4 Å². The zero-order valence-electron chi connectivity index (χ0n) is 12.2. The normalized spacial score (nSPS) is 39.0. The minimum absolute atomic E-state index is 0.00297. The van der Waals surface area contributed by atoms with Crippen LogP contribution in [-0.4, -0.2) is 32.6 Å². The van der Waals surface area contributed by atoms with Gasteiger partial charge in [-0.15, -0.1) is 0 Å². The molecule has 22 heavy (non-hydrogen) atoms. The van der Waals surface area contributed by atoms with E-state index in [4.69, 9.17) is 10.5 Å². The van der Waals surface area contributed by atoms with Gasteiger partial charge in [0.05, 0.1) is 17.3 Å². The zero-order chi connectivity index (χ0) is 15.5. The van der Waals surface area contributed by atoms with E-state index in [2.05, 4.69) is 9.97 Å². The molecule has 7 nitrogen and oxygen atoms in total. The number of ether oxygens (including phenoxy) is 1. The number of primary amides is 1. The average molecular weight is 305 g/mol. The van der Waals surface area contributed by atoms with Crippen LogP contribution in [-0.2, 0) is 4.79 Å². The maximum Gasteiger partial charge on any atom is 0.319 e. The first-order valence-electron chi connectivity index (χ1n) is 7.67. The van der Waals surface area contributed by atoms with Gasteiger partial charge in [0.2, 0.25) is 0 Å². The van der Waals surface area contributed by atoms with Crippen LogP contribution in [0, 0.1) is 17.3 Å². The Bertz CT molecular complexity index is 639. The highest BCUT2D eigenvalue weighted by molar-refractivity contribution is 5.94. The molecule has 0 radical (unpaired) electrons. The standard InChI is InChI=1S/C15H19N3O4/c16-11(19)10-12(18-7-17-10)22-13(20)14-2-8-1-9(3-14)5-15(21,4-8)6-14/h7-9,21H,1-6H2,(H2,16,19)(H,17,18). The van der Waals surface area contributed by atoms with Gasteiger partial charge < -0.3 is 20.6 Å². The van der Waals surface area contributed by atoms with Crippen molar-refractivity contribution in [3.05, 3.63) is 12.0 Å². The number of aromatic amines is 1. The third-order valence-electron chi connectivity index (χ3n) is 5.50. The number of carbonyl (C=O) groups excluding carboxylic acids is 2. The van der Waals surface area contributed by atoms with Crippen molar-refractivity contribution in [1.82, 2.24) is 9.97 Å². The van der Waals surface area contributed by atoms with E-state index >= 15 is 0 Å². The number of H-pyrrole nitrogens is 1. The molecule has 4 N–H and O–H groups in total. The third kappa shape index (κ3) is 1.95. The van der Waals surface area contributed by atoms with Gasteiger partial charge in [-0.25, -0.2) is 4.98 Å². The molecule has 1 aromatic rings. The predicted molar refractivity (Wildman–Crippen MR) is 74.8 cm³/mol. The minimum Gasteiger partial charge on any atom is -0.404 e. The summed E-state index contributed by atoms with van der Waals surface area (Å²) in [6.45, 7) is 0. The van der Waals surface area contributed by atoms with Crippen molar-refractivity contribution >= 4 is 11.9 Å². The van der Waals surface area contributed by atoms with Crippen LogP contribution in [0.1, 0.15) is 49.0 Å². The molecule has 2 unspecified atom stereocenters. The maximum absolute atomic E-state index is 12.7. The van der Waals surface area contributed by atoms with Crippen molar-refractivity contribution in [1.29, 1.82) is 0 Å². The summed E-state index contributed by atoms with van der Waals surface area (Å²) in [5.41, 5.74) is 3.84. The average Bonchev–Trinajstić information content (AvgIpc) is 2.84. The lowest BCUT2D eigenvalue weighted by atomic mass is 9.48. The number of hydrogen-bond donors (Lipinski definition) is 3. The summed E-state index contributed by atoms with van der Waals surface area (Å²) < 4.78 is 5.38. The summed E-state index contributed by atoms with van der Waals surface area (Å²) in [6.07, 6.45) is 5.88. The van der Waals surface area contributed by atoms with Gasteiger partial charge in [-0.3, -0.25) is 9.59 Å². The first-order chi connectivity index (χ1) is 10.4. The third-order valence-corrected chi connectivity index (χ3v) is 5.50. The van der Waals surface area contributed by atoms with Gasteiger partial charge in [-0.1, -0.05) is 0 Å². The number of nitrogens with one attached hydrogen (secondary N) is 1. The van der Waals surface area contributed by atoms with Crippen LogP contribution in [0.5, 0.6) is 5.88 Å². The molecular weight excluding hydrogens is 286 g/mol. The number of amides is 1. The quantitative estimate of drug-likeness (QED) is 0.712. The number of aromatic nitrogens is 2. The lowest BCUT2D eigenvalue weighted by molar-refractivity contribution is -0.189. The molecule has 4 aliphatic rings. The van der Waals surface area contributed by atoms with Gasteiger partial charge in [0.1, 0.15) is 0 Å². The second-order valence-corrected chi connectivity index (χ2v) is 7.30. The highest BCUT2D eigenvalue weighted by Gasteiger charge is 2.61. The van der Waals surface area contributed by atoms with E-state index in [0.717, 1.165) is 32.1 Å². The predicted octanol–water partition coefficient (Wildman–Crippen LogP) is 0.745. The highest BCUT2D eigenvalue weighted by Crippen LogP contribution is 2.61. The molecule has 118 valence electrons. The molecule has 4 aliphatic carbocycles. The summed E-state index contributed by atoms with van der Waals surface area (Å²) in [5.74, 6) is -0.415. The maximum atomic E-state index is 12.7. The summed E-state index contributed by atoms with van der Waals surface area (Å²) in [7, 11) is 0. The zero-order valence-corrected chi connectivity index (χ0v) is 12.2. The lowest BCUT2D eigenvalue weighted by Gasteiger charge is -2.58. The fourth-order valence-electron chi connectivity index (χ4n) is 5.18. The molecule has 5 rings (SSSR count).